The molecule has 0 amide bonds. The number of carbonyl (C=O) groups is 1. The fourth-order valence-corrected chi connectivity index (χ4v) is 2.96. The van der Waals surface area contributed by atoms with Gasteiger partial charge in [0, 0.05) is 6.07 Å². The zero-order valence-electron chi connectivity index (χ0n) is 11.3. The molecule has 0 saturated heterocycles. The van der Waals surface area contributed by atoms with Crippen LogP contribution >= 0.6 is 0 Å². The lowest BCUT2D eigenvalue weighted by atomic mass is 9.78. The van der Waals surface area contributed by atoms with Gasteiger partial charge in [0.2, 0.25) is 0 Å². The van der Waals surface area contributed by atoms with Crippen LogP contribution < -0.4 is 9.47 Å². The Labute approximate surface area is 115 Å². The normalized spacial score (nSPS) is 17.0. The van der Waals surface area contributed by atoms with Gasteiger partial charge in [0.1, 0.15) is 5.82 Å². The summed E-state index contributed by atoms with van der Waals surface area (Å²) in [5.74, 6) is -3.39. The molecule has 0 heterocycles. The van der Waals surface area contributed by atoms with Gasteiger partial charge in [-0.05, 0) is 12.8 Å². The quantitative estimate of drug-likeness (QED) is 0.924. The summed E-state index contributed by atoms with van der Waals surface area (Å²) in [6, 6.07) is 0.652. The summed E-state index contributed by atoms with van der Waals surface area (Å²) in [7, 11) is 2.47. The predicted molar refractivity (Wildman–Crippen MR) is 67.2 cm³/mol. The minimum Gasteiger partial charge on any atom is -0.492 e. The van der Waals surface area contributed by atoms with Gasteiger partial charge < -0.3 is 14.6 Å². The Hall–Kier alpha value is -1.85. The molecular weight excluding hydrogens is 270 g/mol. The van der Waals surface area contributed by atoms with Crippen LogP contribution in [0.3, 0.4) is 0 Å². The van der Waals surface area contributed by atoms with Crippen LogP contribution in [0.25, 0.3) is 0 Å². The van der Waals surface area contributed by atoms with E-state index in [2.05, 4.69) is 0 Å². The number of carboxylic acids is 1. The third-order valence-electron chi connectivity index (χ3n) is 3.90. The van der Waals surface area contributed by atoms with Crippen LogP contribution in [0.2, 0.25) is 0 Å². The van der Waals surface area contributed by atoms with Crippen LogP contribution in [0.5, 0.6) is 11.5 Å². The second-order valence-electron chi connectivity index (χ2n) is 4.88. The summed E-state index contributed by atoms with van der Waals surface area (Å²) in [4.78, 5) is 11.7. The van der Waals surface area contributed by atoms with Crippen molar-refractivity contribution >= 4 is 5.97 Å². The van der Waals surface area contributed by atoms with Gasteiger partial charge in [0.25, 0.3) is 0 Å². The summed E-state index contributed by atoms with van der Waals surface area (Å²) in [6.07, 6.45) is 1.94. The van der Waals surface area contributed by atoms with Crippen molar-refractivity contribution in [2.24, 2.45) is 0 Å². The first-order valence-electron chi connectivity index (χ1n) is 6.31. The molecule has 1 aliphatic carbocycles. The molecule has 0 bridgehead atoms. The first-order chi connectivity index (χ1) is 9.47. The molecule has 0 spiro atoms. The smallest absolute Gasteiger partial charge is 0.314 e. The molecule has 1 N–H and O–H groups in total. The zero-order chi connectivity index (χ0) is 14.9. The van der Waals surface area contributed by atoms with Gasteiger partial charge in [0.05, 0.1) is 25.2 Å². The molecule has 1 aliphatic rings. The van der Waals surface area contributed by atoms with E-state index in [9.17, 15) is 18.7 Å². The SMILES string of the molecule is COc1c(F)cc(F)c(C2(C(=O)O)CCCC2)c1OC. The first-order valence-corrected chi connectivity index (χ1v) is 6.31. The number of rotatable bonds is 4. The van der Waals surface area contributed by atoms with Gasteiger partial charge >= 0.3 is 5.97 Å². The van der Waals surface area contributed by atoms with Gasteiger partial charge in [-0.2, -0.15) is 0 Å². The molecule has 1 saturated carbocycles. The second kappa shape index (κ2) is 5.26. The molecule has 0 radical (unpaired) electrons. The maximum absolute atomic E-state index is 14.2. The second-order valence-corrected chi connectivity index (χ2v) is 4.88. The Morgan fingerprint density at radius 3 is 2.15 bits per heavy atom. The molecule has 20 heavy (non-hydrogen) atoms. The Balaban J connectivity index is 2.75. The zero-order valence-corrected chi connectivity index (χ0v) is 11.3. The third kappa shape index (κ3) is 1.99. The highest BCUT2D eigenvalue weighted by Crippen LogP contribution is 2.49. The van der Waals surface area contributed by atoms with Gasteiger partial charge in [-0.1, -0.05) is 12.8 Å². The largest absolute Gasteiger partial charge is 0.492 e. The van der Waals surface area contributed by atoms with E-state index in [-0.39, 0.29) is 17.1 Å². The van der Waals surface area contributed by atoms with Gasteiger partial charge in [-0.3, -0.25) is 4.79 Å². The van der Waals surface area contributed by atoms with E-state index in [4.69, 9.17) is 9.47 Å². The lowest BCUT2D eigenvalue weighted by Gasteiger charge is -2.27. The van der Waals surface area contributed by atoms with E-state index >= 15 is 0 Å². The molecule has 0 unspecified atom stereocenters. The van der Waals surface area contributed by atoms with Crippen LogP contribution in [0.1, 0.15) is 31.2 Å². The number of hydrogen-bond acceptors (Lipinski definition) is 3. The van der Waals surface area contributed by atoms with Crippen molar-refractivity contribution in [3.05, 3.63) is 23.3 Å². The molecule has 1 aromatic rings. The summed E-state index contributed by atoms with van der Waals surface area (Å²) in [5.41, 5.74) is -1.50. The van der Waals surface area contributed by atoms with Crippen LogP contribution in [0.15, 0.2) is 6.07 Å². The predicted octanol–water partition coefficient (Wildman–Crippen LogP) is 2.88. The van der Waals surface area contributed by atoms with Crippen LogP contribution in [0.4, 0.5) is 8.78 Å². The summed E-state index contributed by atoms with van der Waals surface area (Å²) >= 11 is 0. The van der Waals surface area contributed by atoms with Crippen molar-refractivity contribution in [1.82, 2.24) is 0 Å². The first kappa shape index (κ1) is 14.6. The Kier molecular flexibility index (Phi) is 3.83. The minimum absolute atomic E-state index is 0.122. The van der Waals surface area contributed by atoms with Gasteiger partial charge in [-0.15, -0.1) is 0 Å². The fraction of sp³-hybridized carbons (Fsp3) is 0.500. The number of methoxy groups -OCH3 is 2. The van der Waals surface area contributed by atoms with E-state index in [0.717, 1.165) is 0 Å². The van der Waals surface area contributed by atoms with Crippen molar-refractivity contribution in [2.75, 3.05) is 14.2 Å². The van der Waals surface area contributed by atoms with E-state index in [1.54, 1.807) is 0 Å². The Morgan fingerprint density at radius 1 is 1.15 bits per heavy atom. The molecule has 6 heteroatoms. The van der Waals surface area contributed by atoms with Crippen molar-refractivity contribution in [3.8, 4) is 11.5 Å². The van der Waals surface area contributed by atoms with E-state index < -0.39 is 23.0 Å². The molecular formula is C14H16F2O4. The molecule has 4 nitrogen and oxygen atoms in total. The summed E-state index contributed by atoms with van der Waals surface area (Å²) in [5, 5.41) is 9.54. The number of ether oxygens (including phenoxy) is 2. The molecule has 0 atom stereocenters. The standard InChI is InChI=1S/C14H16F2O4/c1-19-11-9(16)7-8(15)10(12(11)20-2)14(13(17)18)5-3-4-6-14/h7H,3-6H2,1-2H3,(H,17,18). The van der Waals surface area contributed by atoms with Crippen molar-refractivity contribution in [2.45, 2.75) is 31.1 Å². The molecule has 110 valence electrons. The van der Waals surface area contributed by atoms with E-state index in [0.29, 0.717) is 31.7 Å². The highest BCUT2D eigenvalue weighted by molar-refractivity contribution is 5.83. The molecule has 0 aromatic heterocycles. The maximum atomic E-state index is 14.2. The van der Waals surface area contributed by atoms with Crippen LogP contribution in [-0.4, -0.2) is 25.3 Å². The van der Waals surface area contributed by atoms with Crippen molar-refractivity contribution in [3.63, 3.8) is 0 Å². The monoisotopic (exact) mass is 286 g/mol. The number of carboxylic acid groups (broad SMARTS) is 1. The molecule has 0 aliphatic heterocycles. The lowest BCUT2D eigenvalue weighted by molar-refractivity contribution is -0.143. The number of hydrogen-bond donors (Lipinski definition) is 1. The number of halogens is 2. The average molecular weight is 286 g/mol. The van der Waals surface area contributed by atoms with Gasteiger partial charge in [0.15, 0.2) is 17.3 Å². The topological polar surface area (TPSA) is 55.8 Å². The van der Waals surface area contributed by atoms with Crippen molar-refractivity contribution in [1.29, 1.82) is 0 Å². The number of benzene rings is 1. The highest BCUT2D eigenvalue weighted by atomic mass is 19.1. The fourth-order valence-electron chi connectivity index (χ4n) is 2.96. The third-order valence-corrected chi connectivity index (χ3v) is 3.90. The molecule has 1 fully saturated rings. The van der Waals surface area contributed by atoms with Gasteiger partial charge in [-0.25, -0.2) is 8.78 Å². The van der Waals surface area contributed by atoms with E-state index in [1.165, 1.54) is 14.2 Å². The average Bonchev–Trinajstić information content (AvgIpc) is 2.88. The number of aliphatic carboxylic acids is 1. The highest BCUT2D eigenvalue weighted by Gasteiger charge is 2.48. The van der Waals surface area contributed by atoms with Crippen molar-refractivity contribution < 1.29 is 28.2 Å². The minimum atomic E-state index is -1.38. The Morgan fingerprint density at radius 2 is 1.70 bits per heavy atom. The van der Waals surface area contributed by atoms with Crippen LogP contribution in [0, 0.1) is 11.6 Å². The van der Waals surface area contributed by atoms with Crippen LogP contribution in [-0.2, 0) is 10.2 Å². The molecule has 2 rings (SSSR count). The van der Waals surface area contributed by atoms with E-state index in [1.807, 2.05) is 0 Å². The lowest BCUT2D eigenvalue weighted by Crippen LogP contribution is -2.34. The molecule has 1 aromatic carbocycles. The summed E-state index contributed by atoms with van der Waals surface area (Å²) in [6.45, 7) is 0. The maximum Gasteiger partial charge on any atom is 0.314 e. The Bertz CT molecular complexity index is 536. The summed E-state index contributed by atoms with van der Waals surface area (Å²) < 4.78 is 37.9.